The average Bonchev–Trinajstić information content (AvgIpc) is 2.49. The predicted octanol–water partition coefficient (Wildman–Crippen LogP) is 4.29. The van der Waals surface area contributed by atoms with Crippen LogP contribution in [0.5, 0.6) is 11.5 Å². The van der Waals surface area contributed by atoms with Crippen LogP contribution in [0.4, 0.5) is 0 Å². The third-order valence-corrected chi connectivity index (χ3v) is 3.55. The van der Waals surface area contributed by atoms with Crippen molar-refractivity contribution in [1.82, 2.24) is 5.32 Å². The predicted molar refractivity (Wildman–Crippen MR) is 77.6 cm³/mol. The van der Waals surface area contributed by atoms with E-state index >= 15 is 0 Å². The van der Waals surface area contributed by atoms with Crippen molar-refractivity contribution in [3.05, 3.63) is 60.2 Å². The summed E-state index contributed by atoms with van der Waals surface area (Å²) in [4.78, 5) is 0. The molecule has 0 amide bonds. The van der Waals surface area contributed by atoms with E-state index in [4.69, 9.17) is 4.74 Å². The quantitative estimate of drug-likeness (QED) is 0.880. The van der Waals surface area contributed by atoms with Crippen molar-refractivity contribution in [2.24, 2.45) is 0 Å². The molecular formula is C17H19NO. The Morgan fingerprint density at radius 3 is 2.53 bits per heavy atom. The van der Waals surface area contributed by atoms with Crippen LogP contribution in [0.2, 0.25) is 0 Å². The molecule has 2 heteroatoms. The number of piperidine rings is 1. The molecule has 0 saturated carbocycles. The number of benzene rings is 2. The summed E-state index contributed by atoms with van der Waals surface area (Å²) in [5.41, 5.74) is 1.33. The molecule has 98 valence electrons. The highest BCUT2D eigenvalue weighted by molar-refractivity contribution is 5.35. The lowest BCUT2D eigenvalue weighted by molar-refractivity contribution is 0.410. The van der Waals surface area contributed by atoms with Gasteiger partial charge >= 0.3 is 0 Å². The van der Waals surface area contributed by atoms with Crippen LogP contribution < -0.4 is 10.1 Å². The lowest BCUT2D eigenvalue weighted by atomic mass is 9.97. The summed E-state index contributed by atoms with van der Waals surface area (Å²) in [5, 5.41) is 3.57. The van der Waals surface area contributed by atoms with Crippen LogP contribution in [0.15, 0.2) is 54.6 Å². The average molecular weight is 253 g/mol. The third kappa shape index (κ3) is 3.15. The zero-order chi connectivity index (χ0) is 12.9. The summed E-state index contributed by atoms with van der Waals surface area (Å²) < 4.78 is 5.88. The van der Waals surface area contributed by atoms with E-state index in [1.54, 1.807) is 0 Å². The molecule has 2 aromatic carbocycles. The molecule has 19 heavy (non-hydrogen) atoms. The fourth-order valence-electron chi connectivity index (χ4n) is 2.56. The highest BCUT2D eigenvalue weighted by Crippen LogP contribution is 2.28. The van der Waals surface area contributed by atoms with Gasteiger partial charge in [0.05, 0.1) is 0 Å². The van der Waals surface area contributed by atoms with Crippen LogP contribution in [0.25, 0.3) is 0 Å². The van der Waals surface area contributed by atoms with Gasteiger partial charge in [0.15, 0.2) is 0 Å². The van der Waals surface area contributed by atoms with Gasteiger partial charge in [-0.05, 0) is 49.2 Å². The minimum atomic E-state index is 0.480. The molecule has 1 aliphatic rings. The molecule has 0 radical (unpaired) electrons. The number of rotatable bonds is 3. The Balaban J connectivity index is 1.76. The molecule has 1 saturated heterocycles. The second-order valence-electron chi connectivity index (χ2n) is 4.99. The molecule has 3 rings (SSSR count). The summed E-state index contributed by atoms with van der Waals surface area (Å²) in [6.45, 7) is 1.12. The van der Waals surface area contributed by atoms with Gasteiger partial charge in [0.25, 0.3) is 0 Å². The summed E-state index contributed by atoms with van der Waals surface area (Å²) in [5.74, 6) is 1.80. The van der Waals surface area contributed by atoms with Crippen molar-refractivity contribution in [1.29, 1.82) is 0 Å². The van der Waals surface area contributed by atoms with E-state index in [1.807, 2.05) is 36.4 Å². The normalized spacial score (nSPS) is 19.1. The summed E-state index contributed by atoms with van der Waals surface area (Å²) in [6.07, 6.45) is 3.81. The number of para-hydroxylation sites is 1. The number of hydrogen-bond donors (Lipinski definition) is 1. The minimum Gasteiger partial charge on any atom is -0.457 e. The monoisotopic (exact) mass is 253 g/mol. The fourth-order valence-corrected chi connectivity index (χ4v) is 2.56. The highest BCUT2D eigenvalue weighted by Gasteiger charge is 2.14. The fraction of sp³-hybridized carbons (Fsp3) is 0.294. The maximum absolute atomic E-state index is 5.88. The van der Waals surface area contributed by atoms with Crippen molar-refractivity contribution in [3.63, 3.8) is 0 Å². The van der Waals surface area contributed by atoms with Gasteiger partial charge < -0.3 is 10.1 Å². The zero-order valence-corrected chi connectivity index (χ0v) is 11.0. The highest BCUT2D eigenvalue weighted by atomic mass is 16.5. The van der Waals surface area contributed by atoms with Gasteiger partial charge in [-0.25, -0.2) is 0 Å². The first-order valence-corrected chi connectivity index (χ1v) is 6.98. The van der Waals surface area contributed by atoms with Crippen LogP contribution in [0.1, 0.15) is 30.9 Å². The zero-order valence-electron chi connectivity index (χ0n) is 11.0. The van der Waals surface area contributed by atoms with Gasteiger partial charge in [-0.15, -0.1) is 0 Å². The second kappa shape index (κ2) is 5.89. The number of nitrogens with one attached hydrogen (secondary N) is 1. The summed E-state index contributed by atoms with van der Waals surface area (Å²) in [7, 11) is 0. The second-order valence-corrected chi connectivity index (χ2v) is 4.99. The van der Waals surface area contributed by atoms with Gasteiger partial charge in [-0.3, -0.25) is 0 Å². The SMILES string of the molecule is c1ccc(Oc2cccc([C@H]3CCCCN3)c2)cc1. The molecule has 1 aliphatic heterocycles. The summed E-state index contributed by atoms with van der Waals surface area (Å²) >= 11 is 0. The van der Waals surface area contributed by atoms with Gasteiger partial charge in [0.1, 0.15) is 11.5 Å². The maximum atomic E-state index is 5.88. The van der Waals surface area contributed by atoms with Crippen molar-refractivity contribution >= 4 is 0 Å². The third-order valence-electron chi connectivity index (χ3n) is 3.55. The molecule has 0 bridgehead atoms. The standard InChI is InChI=1S/C17H19NO/c1-2-8-15(9-3-1)19-16-10-6-7-14(13-16)17-11-4-5-12-18-17/h1-3,6-10,13,17-18H,4-5,11-12H2/t17-/m1/s1. The van der Waals surface area contributed by atoms with E-state index < -0.39 is 0 Å². The molecule has 0 aromatic heterocycles. The van der Waals surface area contributed by atoms with E-state index in [9.17, 15) is 0 Å². The van der Waals surface area contributed by atoms with Gasteiger partial charge in [-0.1, -0.05) is 36.8 Å². The molecule has 1 N–H and O–H groups in total. The Bertz CT molecular complexity index is 518. The van der Waals surface area contributed by atoms with Gasteiger partial charge in [-0.2, -0.15) is 0 Å². The van der Waals surface area contributed by atoms with Crippen molar-refractivity contribution in [2.45, 2.75) is 25.3 Å². The van der Waals surface area contributed by atoms with Crippen molar-refractivity contribution in [3.8, 4) is 11.5 Å². The molecule has 0 aliphatic carbocycles. The largest absolute Gasteiger partial charge is 0.457 e. The Kier molecular flexibility index (Phi) is 3.80. The number of hydrogen-bond acceptors (Lipinski definition) is 2. The molecule has 0 spiro atoms. The van der Waals surface area contributed by atoms with Crippen LogP contribution in [-0.4, -0.2) is 6.54 Å². The maximum Gasteiger partial charge on any atom is 0.127 e. The van der Waals surface area contributed by atoms with Crippen LogP contribution >= 0.6 is 0 Å². The summed E-state index contributed by atoms with van der Waals surface area (Å²) in [6, 6.07) is 18.8. The Morgan fingerprint density at radius 1 is 0.895 bits per heavy atom. The van der Waals surface area contributed by atoms with E-state index in [0.29, 0.717) is 6.04 Å². The smallest absolute Gasteiger partial charge is 0.127 e. The van der Waals surface area contributed by atoms with E-state index in [2.05, 4.69) is 23.5 Å². The Morgan fingerprint density at radius 2 is 1.74 bits per heavy atom. The van der Waals surface area contributed by atoms with E-state index in [-0.39, 0.29) is 0 Å². The molecule has 1 atom stereocenters. The van der Waals surface area contributed by atoms with E-state index in [1.165, 1.54) is 24.8 Å². The van der Waals surface area contributed by atoms with Crippen LogP contribution in [0, 0.1) is 0 Å². The topological polar surface area (TPSA) is 21.3 Å². The first kappa shape index (κ1) is 12.2. The molecule has 1 fully saturated rings. The molecule has 1 heterocycles. The lowest BCUT2D eigenvalue weighted by Crippen LogP contribution is -2.26. The first-order valence-electron chi connectivity index (χ1n) is 6.98. The molecule has 2 aromatic rings. The van der Waals surface area contributed by atoms with Crippen LogP contribution in [0.3, 0.4) is 0 Å². The Labute approximate surface area is 114 Å². The minimum absolute atomic E-state index is 0.480. The first-order chi connectivity index (χ1) is 9.42. The Hall–Kier alpha value is -1.80. The number of ether oxygens (including phenoxy) is 1. The van der Waals surface area contributed by atoms with Gasteiger partial charge in [0, 0.05) is 6.04 Å². The molecular weight excluding hydrogens is 234 g/mol. The lowest BCUT2D eigenvalue weighted by Gasteiger charge is -2.24. The van der Waals surface area contributed by atoms with Gasteiger partial charge in [0.2, 0.25) is 0 Å². The van der Waals surface area contributed by atoms with Crippen molar-refractivity contribution in [2.75, 3.05) is 6.54 Å². The molecule has 2 nitrogen and oxygen atoms in total. The van der Waals surface area contributed by atoms with Crippen LogP contribution in [-0.2, 0) is 0 Å². The van der Waals surface area contributed by atoms with E-state index in [0.717, 1.165) is 18.0 Å². The molecule has 0 unspecified atom stereocenters. The van der Waals surface area contributed by atoms with Crippen molar-refractivity contribution < 1.29 is 4.74 Å².